The molecule has 4 saturated carbocycles. The molecule has 0 saturated heterocycles. The molecule has 4 fully saturated rings. The van der Waals surface area contributed by atoms with Crippen LogP contribution in [0.1, 0.15) is 39.0 Å². The van der Waals surface area contributed by atoms with Crippen LogP contribution in [0.25, 0.3) is 0 Å². The molecule has 4 aliphatic carbocycles. The molecule has 1 aromatic carbocycles. The van der Waals surface area contributed by atoms with Gasteiger partial charge in [0.05, 0.1) is 17.6 Å². The molecule has 1 aromatic rings. The largest absolute Gasteiger partial charge is 0.484 e. The third kappa shape index (κ3) is 4.19. The number of carbonyl (C=O) groups excluding carboxylic acids is 2. The molecular formula is C21H24ClN3O4. The lowest BCUT2D eigenvalue weighted by Gasteiger charge is -2.70. The van der Waals surface area contributed by atoms with Crippen molar-refractivity contribution < 1.29 is 19.1 Å². The van der Waals surface area contributed by atoms with Crippen LogP contribution in [-0.2, 0) is 14.3 Å². The second-order valence-electron chi connectivity index (χ2n) is 8.90. The maximum atomic E-state index is 12.2. The highest BCUT2D eigenvalue weighted by Crippen LogP contribution is 2.60. The summed E-state index contributed by atoms with van der Waals surface area (Å²) in [5, 5.41) is 15.5. The number of benzene rings is 1. The van der Waals surface area contributed by atoms with Gasteiger partial charge in [-0.3, -0.25) is 9.59 Å². The zero-order valence-electron chi connectivity index (χ0n) is 16.3. The fourth-order valence-electron chi connectivity index (χ4n) is 4.83. The van der Waals surface area contributed by atoms with Crippen LogP contribution in [0.4, 0.5) is 0 Å². The van der Waals surface area contributed by atoms with E-state index >= 15 is 0 Å². The van der Waals surface area contributed by atoms with E-state index in [1.165, 1.54) is 0 Å². The lowest BCUT2D eigenvalue weighted by atomic mass is 9.44. The van der Waals surface area contributed by atoms with Crippen molar-refractivity contribution >= 4 is 23.4 Å². The normalized spacial score (nSPS) is 33.9. The Bertz CT molecular complexity index is 838. The van der Waals surface area contributed by atoms with E-state index in [-0.39, 0.29) is 47.6 Å². The van der Waals surface area contributed by atoms with E-state index in [0.29, 0.717) is 23.6 Å². The Labute approximate surface area is 174 Å². The summed E-state index contributed by atoms with van der Waals surface area (Å²) >= 11 is 5.82. The molecule has 0 unspecified atom stereocenters. The van der Waals surface area contributed by atoms with E-state index in [1.54, 1.807) is 24.3 Å². The molecule has 154 valence electrons. The molecule has 2 bridgehead atoms. The molecule has 2 amide bonds. The quantitative estimate of drug-likeness (QED) is 0.676. The molecule has 0 heterocycles. The van der Waals surface area contributed by atoms with Crippen LogP contribution in [0.15, 0.2) is 24.3 Å². The molecule has 5 rings (SSSR count). The first-order valence-electron chi connectivity index (χ1n) is 9.77. The number of nitrogens with zero attached hydrogens (tertiary/aromatic N) is 1. The van der Waals surface area contributed by atoms with Crippen molar-refractivity contribution in [2.75, 3.05) is 13.2 Å². The number of ether oxygens (including phenoxy) is 2. The van der Waals surface area contributed by atoms with Crippen LogP contribution < -0.4 is 15.4 Å². The van der Waals surface area contributed by atoms with E-state index in [2.05, 4.69) is 16.7 Å². The zero-order chi connectivity index (χ0) is 20.7. The summed E-state index contributed by atoms with van der Waals surface area (Å²) in [5.41, 5.74) is -0.814. The number of nitrogens with one attached hydrogen (secondary N) is 2. The summed E-state index contributed by atoms with van der Waals surface area (Å²) in [5.74, 6) is 0.310. The number of carbonyl (C=O) groups is 2. The lowest BCUT2D eigenvalue weighted by Crippen LogP contribution is -2.84. The number of amides is 2. The van der Waals surface area contributed by atoms with Crippen molar-refractivity contribution in [3.05, 3.63) is 29.3 Å². The number of halogens is 1. The van der Waals surface area contributed by atoms with Gasteiger partial charge in [0.2, 0.25) is 5.91 Å². The molecule has 0 spiro atoms. The van der Waals surface area contributed by atoms with Gasteiger partial charge in [0.15, 0.2) is 6.61 Å². The molecule has 8 heteroatoms. The molecule has 2 N–H and O–H groups in total. The van der Waals surface area contributed by atoms with Crippen molar-refractivity contribution in [2.45, 2.75) is 55.7 Å². The minimum absolute atomic E-state index is 0.00465. The fourth-order valence-corrected chi connectivity index (χ4v) is 4.95. The maximum absolute atomic E-state index is 12.2. The smallest absolute Gasteiger partial charge is 0.258 e. The first kappa shape index (κ1) is 20.0. The Kier molecular flexibility index (Phi) is 4.96. The highest BCUT2D eigenvalue weighted by atomic mass is 35.5. The van der Waals surface area contributed by atoms with Gasteiger partial charge >= 0.3 is 0 Å². The van der Waals surface area contributed by atoms with Crippen molar-refractivity contribution in [1.29, 1.82) is 5.26 Å². The Morgan fingerprint density at radius 3 is 2.21 bits per heavy atom. The third-order valence-electron chi connectivity index (χ3n) is 6.11. The predicted molar refractivity (Wildman–Crippen MR) is 105 cm³/mol. The number of hydrogen-bond acceptors (Lipinski definition) is 5. The van der Waals surface area contributed by atoms with Crippen molar-refractivity contribution in [3.8, 4) is 11.8 Å². The number of hydrogen-bond donors (Lipinski definition) is 2. The first-order valence-corrected chi connectivity index (χ1v) is 10.1. The van der Waals surface area contributed by atoms with Gasteiger partial charge in [-0.1, -0.05) is 11.6 Å². The molecule has 0 aliphatic heterocycles. The first-order chi connectivity index (χ1) is 13.7. The molecule has 0 radical (unpaired) electrons. The highest BCUT2D eigenvalue weighted by molar-refractivity contribution is 6.30. The Balaban J connectivity index is 1.14. The van der Waals surface area contributed by atoms with Crippen LogP contribution >= 0.6 is 11.6 Å². The van der Waals surface area contributed by atoms with Gasteiger partial charge < -0.3 is 20.1 Å². The monoisotopic (exact) mass is 417 g/mol. The molecule has 7 nitrogen and oxygen atoms in total. The van der Waals surface area contributed by atoms with Crippen LogP contribution in [0.3, 0.4) is 0 Å². The third-order valence-corrected chi connectivity index (χ3v) is 6.37. The van der Waals surface area contributed by atoms with E-state index < -0.39 is 0 Å². The lowest BCUT2D eigenvalue weighted by molar-refractivity contribution is -0.160. The average Bonchev–Trinajstić information content (AvgIpc) is 2.61. The molecular weight excluding hydrogens is 394 g/mol. The summed E-state index contributed by atoms with van der Waals surface area (Å²) in [6.07, 6.45) is 3.54. The standard InChI is InChI=1S/C21H24ClN3O4/c1-19(6-14(7-19)8-23)29-10-18(27)25-21-11-20(12-21,13-21)24-17(26)9-28-16-4-2-15(22)3-5-16/h2-5,14H,6-7,9-13H2,1H3,(H,24,26)(H,25,27)/t14-,19-,20?,21?. The topological polar surface area (TPSA) is 100 Å². The molecule has 0 aromatic heterocycles. The van der Waals surface area contributed by atoms with Gasteiger partial charge in [-0.2, -0.15) is 5.26 Å². The van der Waals surface area contributed by atoms with Gasteiger partial charge in [-0.05, 0) is 63.3 Å². The van der Waals surface area contributed by atoms with E-state index in [4.69, 9.17) is 26.3 Å². The molecule has 29 heavy (non-hydrogen) atoms. The van der Waals surface area contributed by atoms with Crippen molar-refractivity contribution in [2.24, 2.45) is 5.92 Å². The SMILES string of the molecule is C[C@]1(OCC(=O)NC23CC(NC(=O)COc4ccc(Cl)cc4)(C2)C3)C[C@H](C#N)C1. The Morgan fingerprint density at radius 2 is 1.66 bits per heavy atom. The van der Waals surface area contributed by atoms with Crippen LogP contribution in [-0.4, -0.2) is 41.7 Å². The molecule has 4 aliphatic rings. The Hall–Kier alpha value is -2.30. The van der Waals surface area contributed by atoms with Gasteiger partial charge in [0.1, 0.15) is 12.4 Å². The van der Waals surface area contributed by atoms with E-state index in [0.717, 1.165) is 19.3 Å². The summed E-state index contributed by atoms with van der Waals surface area (Å²) < 4.78 is 11.2. The van der Waals surface area contributed by atoms with E-state index in [9.17, 15) is 9.59 Å². The number of nitriles is 1. The summed E-state index contributed by atoms with van der Waals surface area (Å²) in [7, 11) is 0. The summed E-state index contributed by atoms with van der Waals surface area (Å²) in [4.78, 5) is 24.4. The zero-order valence-corrected chi connectivity index (χ0v) is 17.1. The summed E-state index contributed by atoms with van der Waals surface area (Å²) in [6.45, 7) is 1.88. The van der Waals surface area contributed by atoms with Gasteiger partial charge in [0.25, 0.3) is 5.91 Å². The maximum Gasteiger partial charge on any atom is 0.258 e. The predicted octanol–water partition coefficient (Wildman–Crippen LogP) is 2.34. The summed E-state index contributed by atoms with van der Waals surface area (Å²) in [6, 6.07) is 9.07. The average molecular weight is 418 g/mol. The van der Waals surface area contributed by atoms with E-state index in [1.807, 2.05) is 6.92 Å². The van der Waals surface area contributed by atoms with Crippen LogP contribution in [0.5, 0.6) is 5.75 Å². The number of rotatable bonds is 8. The van der Waals surface area contributed by atoms with Crippen molar-refractivity contribution in [3.63, 3.8) is 0 Å². The second-order valence-corrected chi connectivity index (χ2v) is 9.34. The van der Waals surface area contributed by atoms with Gasteiger partial charge in [-0.25, -0.2) is 0 Å². The minimum atomic E-state index is -0.365. The minimum Gasteiger partial charge on any atom is -0.484 e. The molecule has 0 atom stereocenters. The van der Waals surface area contributed by atoms with Crippen molar-refractivity contribution in [1.82, 2.24) is 10.6 Å². The van der Waals surface area contributed by atoms with Gasteiger partial charge in [0, 0.05) is 16.1 Å². The van der Waals surface area contributed by atoms with Crippen LogP contribution in [0, 0.1) is 17.2 Å². The van der Waals surface area contributed by atoms with Gasteiger partial charge in [-0.15, -0.1) is 0 Å². The second kappa shape index (κ2) is 7.19. The van der Waals surface area contributed by atoms with Crippen LogP contribution in [0.2, 0.25) is 5.02 Å². The fraction of sp³-hybridized carbons (Fsp3) is 0.571. The highest BCUT2D eigenvalue weighted by Gasteiger charge is 2.69. The Morgan fingerprint density at radius 1 is 1.10 bits per heavy atom.